The van der Waals surface area contributed by atoms with E-state index in [9.17, 15) is 4.39 Å². The largest absolute Gasteiger partial charge is 0.314 e. The fourth-order valence-electron chi connectivity index (χ4n) is 2.53. The van der Waals surface area contributed by atoms with Crippen LogP contribution in [0.4, 0.5) is 4.39 Å². The molecule has 20 heavy (non-hydrogen) atoms. The molecule has 1 unspecified atom stereocenters. The molecule has 1 N–H and O–H groups in total. The molecule has 106 valence electrons. The van der Waals surface area contributed by atoms with Gasteiger partial charge in [-0.1, -0.05) is 24.3 Å². The molecule has 1 aromatic heterocycles. The van der Waals surface area contributed by atoms with E-state index in [0.717, 1.165) is 24.9 Å². The van der Waals surface area contributed by atoms with Crippen LogP contribution in [-0.2, 0) is 12.8 Å². The molecule has 1 aliphatic rings. The van der Waals surface area contributed by atoms with Gasteiger partial charge in [-0.05, 0) is 61.2 Å². The SMILES string of the molecule is Fc1ccccc1CC(CNC1CC1)Cc1cccs1. The monoisotopic (exact) mass is 289 g/mol. The summed E-state index contributed by atoms with van der Waals surface area (Å²) in [7, 11) is 0. The molecule has 1 heterocycles. The number of nitrogens with one attached hydrogen (secondary N) is 1. The normalized spacial score (nSPS) is 16.2. The van der Waals surface area contributed by atoms with Crippen LogP contribution in [-0.4, -0.2) is 12.6 Å². The Labute approximate surface area is 123 Å². The van der Waals surface area contributed by atoms with Gasteiger partial charge in [0.05, 0.1) is 0 Å². The predicted octanol–water partition coefficient (Wildman–Crippen LogP) is 4.04. The molecular formula is C17H20FNS. The molecule has 0 spiro atoms. The molecule has 1 aromatic carbocycles. The summed E-state index contributed by atoms with van der Waals surface area (Å²) in [5.74, 6) is 0.390. The number of rotatable bonds is 7. The van der Waals surface area contributed by atoms with Gasteiger partial charge in [-0.25, -0.2) is 4.39 Å². The molecule has 1 saturated carbocycles. The van der Waals surface area contributed by atoms with Crippen LogP contribution in [0.1, 0.15) is 23.3 Å². The summed E-state index contributed by atoms with van der Waals surface area (Å²) in [6.07, 6.45) is 4.44. The Hall–Kier alpha value is -1.19. The van der Waals surface area contributed by atoms with Gasteiger partial charge in [-0.2, -0.15) is 0 Å². The molecule has 1 fully saturated rings. The molecule has 0 radical (unpaired) electrons. The van der Waals surface area contributed by atoms with Gasteiger partial charge in [0.25, 0.3) is 0 Å². The summed E-state index contributed by atoms with van der Waals surface area (Å²) in [6, 6.07) is 12.1. The highest BCUT2D eigenvalue weighted by Gasteiger charge is 2.22. The Bertz CT molecular complexity index is 534. The second kappa shape index (κ2) is 6.51. The van der Waals surface area contributed by atoms with Gasteiger partial charge in [0.1, 0.15) is 5.82 Å². The molecule has 0 amide bonds. The fourth-order valence-corrected chi connectivity index (χ4v) is 3.35. The number of halogens is 1. The second-order valence-corrected chi connectivity index (χ2v) is 6.66. The van der Waals surface area contributed by atoms with Crippen LogP contribution >= 0.6 is 11.3 Å². The van der Waals surface area contributed by atoms with E-state index in [1.165, 1.54) is 17.7 Å². The minimum Gasteiger partial charge on any atom is -0.314 e. The maximum Gasteiger partial charge on any atom is 0.126 e. The summed E-state index contributed by atoms with van der Waals surface area (Å²) >= 11 is 1.79. The van der Waals surface area contributed by atoms with Crippen molar-refractivity contribution in [1.29, 1.82) is 0 Å². The average Bonchev–Trinajstić information content (AvgIpc) is 3.15. The maximum atomic E-state index is 13.8. The third kappa shape index (κ3) is 3.90. The topological polar surface area (TPSA) is 12.0 Å². The lowest BCUT2D eigenvalue weighted by atomic mass is 9.95. The summed E-state index contributed by atoms with van der Waals surface area (Å²) in [5.41, 5.74) is 0.839. The van der Waals surface area contributed by atoms with Crippen LogP contribution in [0.15, 0.2) is 41.8 Å². The Morgan fingerprint density at radius 2 is 2.00 bits per heavy atom. The second-order valence-electron chi connectivity index (χ2n) is 5.63. The van der Waals surface area contributed by atoms with Crippen molar-refractivity contribution in [2.45, 2.75) is 31.7 Å². The maximum absolute atomic E-state index is 13.8. The van der Waals surface area contributed by atoms with E-state index in [4.69, 9.17) is 0 Å². The third-order valence-corrected chi connectivity index (χ3v) is 4.71. The molecule has 3 heteroatoms. The van der Waals surface area contributed by atoms with Crippen LogP contribution in [0.3, 0.4) is 0 Å². The summed E-state index contributed by atoms with van der Waals surface area (Å²) in [6.45, 7) is 0.983. The van der Waals surface area contributed by atoms with E-state index >= 15 is 0 Å². The van der Waals surface area contributed by atoms with E-state index in [1.54, 1.807) is 23.5 Å². The van der Waals surface area contributed by atoms with E-state index in [2.05, 4.69) is 22.8 Å². The van der Waals surface area contributed by atoms with Gasteiger partial charge in [0, 0.05) is 10.9 Å². The summed E-state index contributed by atoms with van der Waals surface area (Å²) in [5, 5.41) is 5.71. The minimum atomic E-state index is -0.0740. The molecular weight excluding hydrogens is 269 g/mol. The Balaban J connectivity index is 1.65. The van der Waals surface area contributed by atoms with Gasteiger partial charge in [0.2, 0.25) is 0 Å². The highest BCUT2D eigenvalue weighted by atomic mass is 32.1. The van der Waals surface area contributed by atoms with Crippen molar-refractivity contribution in [2.75, 3.05) is 6.54 Å². The van der Waals surface area contributed by atoms with E-state index in [1.807, 2.05) is 12.1 Å². The van der Waals surface area contributed by atoms with Crippen LogP contribution in [0.25, 0.3) is 0 Å². The molecule has 0 bridgehead atoms. The zero-order chi connectivity index (χ0) is 13.8. The van der Waals surface area contributed by atoms with Gasteiger partial charge >= 0.3 is 0 Å². The van der Waals surface area contributed by atoms with Gasteiger partial charge in [-0.3, -0.25) is 0 Å². The molecule has 3 rings (SSSR count). The molecule has 1 aliphatic carbocycles. The standard InChI is InChI=1S/C17H20FNS/c18-17-6-2-1-4-14(17)10-13(12-19-15-7-8-15)11-16-5-3-9-20-16/h1-6,9,13,15,19H,7-8,10-12H2. The van der Waals surface area contributed by atoms with E-state index < -0.39 is 0 Å². The van der Waals surface area contributed by atoms with Crippen molar-refractivity contribution in [3.8, 4) is 0 Å². The van der Waals surface area contributed by atoms with Crippen LogP contribution in [0.5, 0.6) is 0 Å². The number of hydrogen-bond donors (Lipinski definition) is 1. The van der Waals surface area contributed by atoms with Gasteiger partial charge in [0.15, 0.2) is 0 Å². The van der Waals surface area contributed by atoms with Crippen molar-refractivity contribution in [3.63, 3.8) is 0 Å². The lowest BCUT2D eigenvalue weighted by Gasteiger charge is -2.17. The van der Waals surface area contributed by atoms with Crippen molar-refractivity contribution in [2.24, 2.45) is 5.92 Å². The zero-order valence-electron chi connectivity index (χ0n) is 11.5. The molecule has 2 aromatic rings. The zero-order valence-corrected chi connectivity index (χ0v) is 12.3. The lowest BCUT2D eigenvalue weighted by Crippen LogP contribution is -2.27. The summed E-state index contributed by atoms with van der Waals surface area (Å²) in [4.78, 5) is 1.39. The summed E-state index contributed by atoms with van der Waals surface area (Å²) < 4.78 is 13.8. The third-order valence-electron chi connectivity index (χ3n) is 3.81. The lowest BCUT2D eigenvalue weighted by molar-refractivity contribution is 0.461. The fraction of sp³-hybridized carbons (Fsp3) is 0.412. The van der Waals surface area contributed by atoms with Crippen LogP contribution in [0.2, 0.25) is 0 Å². The first-order chi connectivity index (χ1) is 9.81. The highest BCUT2D eigenvalue weighted by molar-refractivity contribution is 7.09. The first kappa shape index (κ1) is 13.8. The van der Waals surface area contributed by atoms with Crippen LogP contribution in [0, 0.1) is 11.7 Å². The Morgan fingerprint density at radius 1 is 1.15 bits per heavy atom. The van der Waals surface area contributed by atoms with Crippen molar-refractivity contribution >= 4 is 11.3 Å². The smallest absolute Gasteiger partial charge is 0.126 e. The van der Waals surface area contributed by atoms with Gasteiger partial charge in [-0.15, -0.1) is 11.3 Å². The van der Waals surface area contributed by atoms with Crippen LogP contribution < -0.4 is 5.32 Å². The first-order valence-corrected chi connectivity index (χ1v) is 8.18. The highest BCUT2D eigenvalue weighted by Crippen LogP contribution is 2.22. The van der Waals surface area contributed by atoms with Crippen molar-refractivity contribution in [1.82, 2.24) is 5.32 Å². The Kier molecular flexibility index (Phi) is 4.48. The number of hydrogen-bond acceptors (Lipinski definition) is 2. The van der Waals surface area contributed by atoms with E-state index in [-0.39, 0.29) is 5.82 Å². The Morgan fingerprint density at radius 3 is 2.70 bits per heavy atom. The average molecular weight is 289 g/mol. The van der Waals surface area contributed by atoms with Gasteiger partial charge < -0.3 is 5.32 Å². The first-order valence-electron chi connectivity index (χ1n) is 7.30. The minimum absolute atomic E-state index is 0.0740. The molecule has 1 nitrogen and oxygen atoms in total. The number of thiophene rings is 1. The number of benzene rings is 1. The quantitative estimate of drug-likeness (QED) is 0.811. The predicted molar refractivity (Wildman–Crippen MR) is 82.6 cm³/mol. The molecule has 1 atom stereocenters. The van der Waals surface area contributed by atoms with Crippen molar-refractivity contribution < 1.29 is 4.39 Å². The molecule has 0 saturated heterocycles. The molecule has 0 aliphatic heterocycles. The van der Waals surface area contributed by atoms with E-state index in [0.29, 0.717) is 12.0 Å². The van der Waals surface area contributed by atoms with Crippen molar-refractivity contribution in [3.05, 3.63) is 58.0 Å².